The van der Waals surface area contributed by atoms with Crippen molar-refractivity contribution in [3.05, 3.63) is 65.2 Å². The maximum absolute atomic E-state index is 12.9. The predicted molar refractivity (Wildman–Crippen MR) is 113 cm³/mol. The van der Waals surface area contributed by atoms with E-state index in [1.165, 1.54) is 0 Å². The Labute approximate surface area is 174 Å². The number of imide groups is 1. The molecule has 0 bridgehead atoms. The van der Waals surface area contributed by atoms with Crippen LogP contribution in [0.4, 0.5) is 0 Å². The number of hydrogen-bond donors (Lipinski definition) is 1. The van der Waals surface area contributed by atoms with Crippen LogP contribution in [0.25, 0.3) is 0 Å². The first kappa shape index (κ1) is 20.9. The topological polar surface area (TPSA) is 75.7 Å². The fraction of sp³-hybridized carbons (Fsp3) is 0.318. The number of thioether (sulfide) groups is 1. The van der Waals surface area contributed by atoms with E-state index in [9.17, 15) is 14.4 Å². The summed E-state index contributed by atoms with van der Waals surface area (Å²) in [6, 6.07) is 13.5. The van der Waals surface area contributed by atoms with E-state index in [-0.39, 0.29) is 5.91 Å². The largest absolute Gasteiger partial charge is 0.497 e. The Bertz CT molecular complexity index is 863. The standard InChI is InChI=1S/C22H24N2O4S/c1-28-16-9-7-15(8-10-16)11-13-23-20(25)19(12-14-29-2)24-21(26)17-5-3-4-6-18(17)22(24)27/h3-10,19H,11-14H2,1-2H3,(H,23,25). The number of nitrogens with zero attached hydrogens (tertiary/aromatic N) is 1. The highest BCUT2D eigenvalue weighted by molar-refractivity contribution is 7.98. The van der Waals surface area contributed by atoms with Crippen molar-refractivity contribution in [2.24, 2.45) is 0 Å². The van der Waals surface area contributed by atoms with Crippen LogP contribution in [0.15, 0.2) is 48.5 Å². The molecule has 1 heterocycles. The van der Waals surface area contributed by atoms with Crippen molar-refractivity contribution < 1.29 is 19.1 Å². The third-order valence-corrected chi connectivity index (χ3v) is 5.55. The van der Waals surface area contributed by atoms with Gasteiger partial charge in [0.25, 0.3) is 11.8 Å². The molecule has 2 aromatic rings. The maximum Gasteiger partial charge on any atom is 0.262 e. The van der Waals surface area contributed by atoms with Gasteiger partial charge in [0.1, 0.15) is 11.8 Å². The lowest BCUT2D eigenvalue weighted by atomic mass is 10.1. The zero-order chi connectivity index (χ0) is 20.8. The van der Waals surface area contributed by atoms with Crippen molar-refractivity contribution in [3.63, 3.8) is 0 Å². The fourth-order valence-electron chi connectivity index (χ4n) is 3.34. The summed E-state index contributed by atoms with van der Waals surface area (Å²) in [7, 11) is 1.61. The predicted octanol–water partition coefficient (Wildman–Crippen LogP) is 2.77. The zero-order valence-corrected chi connectivity index (χ0v) is 17.3. The quantitative estimate of drug-likeness (QED) is 0.641. The lowest BCUT2D eigenvalue weighted by Gasteiger charge is -2.25. The number of methoxy groups -OCH3 is 1. The molecule has 1 unspecified atom stereocenters. The molecule has 6 nitrogen and oxygen atoms in total. The van der Waals surface area contributed by atoms with Crippen LogP contribution in [0.2, 0.25) is 0 Å². The second-order valence-corrected chi connectivity index (χ2v) is 7.70. The van der Waals surface area contributed by atoms with E-state index in [2.05, 4.69) is 5.32 Å². The van der Waals surface area contributed by atoms with Gasteiger partial charge in [0.2, 0.25) is 5.91 Å². The van der Waals surface area contributed by atoms with E-state index < -0.39 is 17.9 Å². The average molecular weight is 413 g/mol. The molecule has 0 aromatic heterocycles. The van der Waals surface area contributed by atoms with Crippen LogP contribution in [0, 0.1) is 0 Å². The van der Waals surface area contributed by atoms with E-state index in [0.29, 0.717) is 36.3 Å². The van der Waals surface area contributed by atoms with Crippen molar-refractivity contribution in [1.29, 1.82) is 0 Å². The monoisotopic (exact) mass is 412 g/mol. The van der Waals surface area contributed by atoms with Crippen LogP contribution in [0.5, 0.6) is 5.75 Å². The molecule has 152 valence electrons. The summed E-state index contributed by atoms with van der Waals surface area (Å²) in [4.78, 5) is 39.6. The molecule has 1 aliphatic heterocycles. The second-order valence-electron chi connectivity index (χ2n) is 6.71. The minimum atomic E-state index is -0.814. The zero-order valence-electron chi connectivity index (χ0n) is 16.5. The van der Waals surface area contributed by atoms with Gasteiger partial charge in [-0.1, -0.05) is 24.3 Å². The lowest BCUT2D eigenvalue weighted by molar-refractivity contribution is -0.125. The van der Waals surface area contributed by atoms with Gasteiger partial charge in [-0.25, -0.2) is 0 Å². The van der Waals surface area contributed by atoms with E-state index in [0.717, 1.165) is 16.2 Å². The number of hydrogen-bond acceptors (Lipinski definition) is 5. The van der Waals surface area contributed by atoms with Gasteiger partial charge in [-0.2, -0.15) is 11.8 Å². The first-order valence-electron chi connectivity index (χ1n) is 9.43. The molecule has 3 amide bonds. The van der Waals surface area contributed by atoms with Gasteiger partial charge in [0, 0.05) is 6.54 Å². The van der Waals surface area contributed by atoms with Gasteiger partial charge < -0.3 is 10.1 Å². The summed E-state index contributed by atoms with van der Waals surface area (Å²) in [6.07, 6.45) is 3.00. The molecule has 0 spiro atoms. The van der Waals surface area contributed by atoms with Gasteiger partial charge in [0.05, 0.1) is 18.2 Å². The molecule has 3 rings (SSSR count). The smallest absolute Gasteiger partial charge is 0.262 e. The van der Waals surface area contributed by atoms with Crippen molar-refractivity contribution >= 4 is 29.5 Å². The summed E-state index contributed by atoms with van der Waals surface area (Å²) in [5.41, 5.74) is 1.78. The third-order valence-electron chi connectivity index (χ3n) is 4.91. The summed E-state index contributed by atoms with van der Waals surface area (Å²) >= 11 is 1.58. The molecule has 2 aromatic carbocycles. The lowest BCUT2D eigenvalue weighted by Crippen LogP contribution is -2.50. The van der Waals surface area contributed by atoms with Crippen LogP contribution in [0.1, 0.15) is 32.7 Å². The highest BCUT2D eigenvalue weighted by atomic mass is 32.2. The summed E-state index contributed by atoms with van der Waals surface area (Å²) < 4.78 is 5.14. The van der Waals surface area contributed by atoms with Gasteiger partial charge in [-0.15, -0.1) is 0 Å². The number of benzene rings is 2. The highest BCUT2D eigenvalue weighted by Crippen LogP contribution is 2.26. The number of fused-ring (bicyclic) bond motifs is 1. The molecule has 0 saturated heterocycles. The first-order valence-corrected chi connectivity index (χ1v) is 10.8. The van der Waals surface area contributed by atoms with Gasteiger partial charge in [0.15, 0.2) is 0 Å². The normalized spacial score (nSPS) is 13.9. The Kier molecular flexibility index (Phi) is 6.93. The van der Waals surface area contributed by atoms with Crippen molar-refractivity contribution in [2.75, 3.05) is 25.7 Å². The van der Waals surface area contributed by atoms with E-state index in [4.69, 9.17) is 4.74 Å². The fourth-order valence-corrected chi connectivity index (χ4v) is 3.80. The number of rotatable bonds is 9. The molecule has 1 N–H and O–H groups in total. The Morgan fingerprint density at radius 2 is 1.69 bits per heavy atom. The Morgan fingerprint density at radius 1 is 1.07 bits per heavy atom. The number of carbonyl (C=O) groups excluding carboxylic acids is 3. The second kappa shape index (κ2) is 9.60. The number of ether oxygens (including phenoxy) is 1. The van der Waals surface area contributed by atoms with Crippen LogP contribution >= 0.6 is 11.8 Å². The molecule has 1 aliphatic rings. The molecule has 1 atom stereocenters. The number of nitrogens with one attached hydrogen (secondary N) is 1. The minimum absolute atomic E-state index is 0.304. The molecule has 0 saturated carbocycles. The van der Waals surface area contributed by atoms with Crippen LogP contribution < -0.4 is 10.1 Å². The average Bonchev–Trinajstić information content (AvgIpc) is 3.00. The third kappa shape index (κ3) is 4.62. The van der Waals surface area contributed by atoms with Gasteiger partial charge in [-0.3, -0.25) is 19.3 Å². The van der Waals surface area contributed by atoms with Crippen molar-refractivity contribution in [1.82, 2.24) is 10.2 Å². The minimum Gasteiger partial charge on any atom is -0.497 e. The molecule has 0 fully saturated rings. The van der Waals surface area contributed by atoms with E-state index >= 15 is 0 Å². The summed E-state index contributed by atoms with van der Waals surface area (Å²) in [5.74, 6) is 0.343. The van der Waals surface area contributed by atoms with E-state index in [1.807, 2.05) is 30.5 Å². The highest BCUT2D eigenvalue weighted by Gasteiger charge is 2.42. The van der Waals surface area contributed by atoms with Gasteiger partial charge in [-0.05, 0) is 54.7 Å². The van der Waals surface area contributed by atoms with Crippen LogP contribution in [-0.2, 0) is 11.2 Å². The molecule has 0 radical (unpaired) electrons. The number of carbonyl (C=O) groups is 3. The Balaban J connectivity index is 1.67. The van der Waals surface area contributed by atoms with Crippen molar-refractivity contribution in [3.8, 4) is 5.75 Å². The molecule has 29 heavy (non-hydrogen) atoms. The maximum atomic E-state index is 12.9. The van der Waals surface area contributed by atoms with Gasteiger partial charge >= 0.3 is 0 Å². The molecule has 7 heteroatoms. The first-order chi connectivity index (χ1) is 14.1. The molecular weight excluding hydrogens is 388 g/mol. The summed E-state index contributed by atoms with van der Waals surface area (Å²) in [6.45, 7) is 0.421. The SMILES string of the molecule is COc1ccc(CCNC(=O)C(CCSC)N2C(=O)c3ccccc3C2=O)cc1. The Morgan fingerprint density at radius 3 is 2.24 bits per heavy atom. The molecular formula is C22H24N2O4S. The molecule has 0 aliphatic carbocycles. The van der Waals surface area contributed by atoms with Crippen molar-refractivity contribution in [2.45, 2.75) is 18.9 Å². The van der Waals surface area contributed by atoms with Crippen LogP contribution in [-0.4, -0.2) is 54.3 Å². The Hall–Kier alpha value is -2.80. The number of amides is 3. The van der Waals surface area contributed by atoms with Crippen LogP contribution in [0.3, 0.4) is 0 Å². The van der Waals surface area contributed by atoms with E-state index in [1.54, 1.807) is 43.1 Å². The summed E-state index contributed by atoms with van der Waals surface area (Å²) in [5, 5.41) is 2.89.